The van der Waals surface area contributed by atoms with Crippen molar-refractivity contribution >= 4 is 11.6 Å². The molecule has 0 unspecified atom stereocenters. The van der Waals surface area contributed by atoms with Crippen molar-refractivity contribution in [1.82, 2.24) is 19.3 Å². The van der Waals surface area contributed by atoms with Crippen molar-refractivity contribution in [1.29, 1.82) is 0 Å². The van der Waals surface area contributed by atoms with E-state index in [0.29, 0.717) is 18.6 Å². The average Bonchev–Trinajstić information content (AvgIpc) is 2.75. The molecule has 100 valence electrons. The molecule has 0 amide bonds. The van der Waals surface area contributed by atoms with Gasteiger partial charge in [0.1, 0.15) is 5.78 Å². The lowest BCUT2D eigenvalue weighted by molar-refractivity contribution is -0.121. The van der Waals surface area contributed by atoms with Crippen LogP contribution in [-0.2, 0) is 11.3 Å². The molecular weight excluding hydrogens is 240 g/mol. The van der Waals surface area contributed by atoms with Gasteiger partial charge in [0, 0.05) is 50.1 Å². The fourth-order valence-corrected chi connectivity index (χ4v) is 2.58. The van der Waals surface area contributed by atoms with E-state index < -0.39 is 0 Å². The number of piperidine rings is 1. The summed E-state index contributed by atoms with van der Waals surface area (Å²) in [7, 11) is 0. The quantitative estimate of drug-likeness (QED) is 0.819. The third kappa shape index (κ3) is 2.51. The molecule has 2 aromatic heterocycles. The summed E-state index contributed by atoms with van der Waals surface area (Å²) in [6.45, 7) is 6.54. The van der Waals surface area contributed by atoms with Gasteiger partial charge in [0.15, 0.2) is 0 Å². The summed E-state index contributed by atoms with van der Waals surface area (Å²) >= 11 is 0. The Hall–Kier alpha value is -1.75. The molecule has 1 saturated heterocycles. The maximum atomic E-state index is 11.2. The molecule has 1 fully saturated rings. The molecule has 3 heterocycles. The number of aryl methyl sites for hydroxylation is 2. The monoisotopic (exact) mass is 258 g/mol. The number of aromatic nitrogens is 3. The molecule has 0 bridgehead atoms. The Bertz CT molecular complexity index is 622. The Morgan fingerprint density at radius 2 is 1.95 bits per heavy atom. The molecule has 0 atom stereocenters. The van der Waals surface area contributed by atoms with Gasteiger partial charge in [-0.05, 0) is 19.9 Å². The van der Waals surface area contributed by atoms with Crippen LogP contribution in [0.25, 0.3) is 5.78 Å². The predicted molar refractivity (Wildman–Crippen MR) is 72.0 cm³/mol. The second-order valence-electron chi connectivity index (χ2n) is 5.26. The maximum Gasteiger partial charge on any atom is 0.234 e. The Morgan fingerprint density at radius 1 is 1.21 bits per heavy atom. The number of imidazole rings is 1. The van der Waals surface area contributed by atoms with E-state index in [2.05, 4.69) is 27.9 Å². The Labute approximate surface area is 112 Å². The van der Waals surface area contributed by atoms with Crippen molar-refractivity contribution < 1.29 is 4.79 Å². The van der Waals surface area contributed by atoms with Gasteiger partial charge in [-0.1, -0.05) is 0 Å². The van der Waals surface area contributed by atoms with Crippen molar-refractivity contribution in [3.63, 3.8) is 0 Å². The van der Waals surface area contributed by atoms with Crippen LogP contribution in [0.15, 0.2) is 12.3 Å². The van der Waals surface area contributed by atoms with Crippen molar-refractivity contribution in [2.75, 3.05) is 13.1 Å². The van der Waals surface area contributed by atoms with Gasteiger partial charge in [-0.3, -0.25) is 14.1 Å². The third-order valence-corrected chi connectivity index (χ3v) is 3.61. The zero-order chi connectivity index (χ0) is 13.4. The minimum Gasteiger partial charge on any atom is -0.300 e. The molecule has 5 nitrogen and oxygen atoms in total. The number of ketones is 1. The molecule has 0 saturated carbocycles. The molecular formula is C14H18N4O. The van der Waals surface area contributed by atoms with Crippen LogP contribution in [-0.4, -0.2) is 38.1 Å². The highest BCUT2D eigenvalue weighted by molar-refractivity contribution is 5.79. The molecule has 1 aliphatic rings. The topological polar surface area (TPSA) is 50.5 Å². The van der Waals surface area contributed by atoms with E-state index in [1.807, 2.05) is 17.5 Å². The second-order valence-corrected chi connectivity index (χ2v) is 5.26. The number of hydrogen-bond acceptors (Lipinski definition) is 4. The van der Waals surface area contributed by atoms with Crippen LogP contribution in [0, 0.1) is 13.8 Å². The van der Waals surface area contributed by atoms with Crippen LogP contribution >= 0.6 is 0 Å². The third-order valence-electron chi connectivity index (χ3n) is 3.61. The first-order valence-corrected chi connectivity index (χ1v) is 6.68. The SMILES string of the molecule is Cc1cc(C)n2cc(CN3CCC(=O)CC3)nc2n1. The van der Waals surface area contributed by atoms with Gasteiger partial charge in [-0.25, -0.2) is 9.97 Å². The summed E-state index contributed by atoms with van der Waals surface area (Å²) in [5.74, 6) is 1.14. The molecule has 0 spiro atoms. The zero-order valence-electron chi connectivity index (χ0n) is 11.4. The van der Waals surface area contributed by atoms with E-state index in [9.17, 15) is 4.79 Å². The van der Waals surface area contributed by atoms with Crippen LogP contribution in [0.4, 0.5) is 0 Å². The van der Waals surface area contributed by atoms with E-state index in [-0.39, 0.29) is 0 Å². The van der Waals surface area contributed by atoms with Crippen LogP contribution in [0.1, 0.15) is 29.9 Å². The highest BCUT2D eigenvalue weighted by Gasteiger charge is 2.17. The van der Waals surface area contributed by atoms with E-state index in [4.69, 9.17) is 0 Å². The molecule has 0 aromatic carbocycles. The zero-order valence-corrected chi connectivity index (χ0v) is 11.4. The predicted octanol–water partition coefficient (Wildman–Crippen LogP) is 1.51. The number of hydrogen-bond donors (Lipinski definition) is 0. The summed E-state index contributed by atoms with van der Waals surface area (Å²) < 4.78 is 2.03. The molecule has 19 heavy (non-hydrogen) atoms. The van der Waals surface area contributed by atoms with Crippen LogP contribution in [0.2, 0.25) is 0 Å². The smallest absolute Gasteiger partial charge is 0.234 e. The van der Waals surface area contributed by atoms with Gasteiger partial charge in [-0.2, -0.15) is 0 Å². The summed E-state index contributed by atoms with van der Waals surface area (Å²) in [5, 5.41) is 0. The number of carbonyl (C=O) groups excluding carboxylic acids is 1. The molecule has 5 heteroatoms. The normalized spacial score (nSPS) is 17.3. The number of rotatable bonds is 2. The lowest BCUT2D eigenvalue weighted by Crippen LogP contribution is -2.33. The minimum absolute atomic E-state index is 0.374. The van der Waals surface area contributed by atoms with Crippen molar-refractivity contribution in [3.05, 3.63) is 29.3 Å². The number of nitrogens with zero attached hydrogens (tertiary/aromatic N) is 4. The van der Waals surface area contributed by atoms with E-state index in [0.717, 1.165) is 42.5 Å². The summed E-state index contributed by atoms with van der Waals surface area (Å²) in [6, 6.07) is 2.05. The molecule has 1 aliphatic heterocycles. The fourth-order valence-electron chi connectivity index (χ4n) is 2.58. The second kappa shape index (κ2) is 4.74. The highest BCUT2D eigenvalue weighted by Crippen LogP contribution is 2.13. The Morgan fingerprint density at radius 3 is 2.68 bits per heavy atom. The average molecular weight is 258 g/mol. The lowest BCUT2D eigenvalue weighted by Gasteiger charge is -2.24. The first-order chi connectivity index (χ1) is 9.11. The Balaban J connectivity index is 1.82. The first kappa shape index (κ1) is 12.3. The summed E-state index contributed by atoms with van der Waals surface area (Å²) in [6.07, 6.45) is 3.39. The van der Waals surface area contributed by atoms with Gasteiger partial charge >= 0.3 is 0 Å². The van der Waals surface area contributed by atoms with Crippen molar-refractivity contribution in [2.45, 2.75) is 33.2 Å². The summed E-state index contributed by atoms with van der Waals surface area (Å²) in [5.41, 5.74) is 3.16. The molecule has 0 aliphatic carbocycles. The number of fused-ring (bicyclic) bond motifs is 1. The van der Waals surface area contributed by atoms with Gasteiger partial charge in [0.2, 0.25) is 5.78 Å². The minimum atomic E-state index is 0.374. The van der Waals surface area contributed by atoms with E-state index >= 15 is 0 Å². The van der Waals surface area contributed by atoms with E-state index in [1.54, 1.807) is 0 Å². The van der Waals surface area contributed by atoms with Gasteiger partial charge in [0.05, 0.1) is 5.69 Å². The molecule has 3 rings (SSSR count). The van der Waals surface area contributed by atoms with Gasteiger partial charge < -0.3 is 0 Å². The van der Waals surface area contributed by atoms with Crippen LogP contribution in [0.3, 0.4) is 0 Å². The molecule has 2 aromatic rings. The lowest BCUT2D eigenvalue weighted by atomic mass is 10.1. The number of carbonyl (C=O) groups is 1. The summed E-state index contributed by atoms with van der Waals surface area (Å²) in [4.78, 5) is 22.5. The maximum absolute atomic E-state index is 11.2. The molecule has 0 radical (unpaired) electrons. The van der Waals surface area contributed by atoms with Crippen LogP contribution in [0.5, 0.6) is 0 Å². The number of Topliss-reactive ketones (excluding diaryl/α,β-unsaturated/α-hetero) is 1. The van der Waals surface area contributed by atoms with Crippen LogP contribution < -0.4 is 0 Å². The highest BCUT2D eigenvalue weighted by atomic mass is 16.1. The first-order valence-electron chi connectivity index (χ1n) is 6.68. The van der Waals surface area contributed by atoms with Gasteiger partial charge in [-0.15, -0.1) is 0 Å². The van der Waals surface area contributed by atoms with E-state index in [1.165, 1.54) is 0 Å². The Kier molecular flexibility index (Phi) is 3.06. The standard InChI is InChI=1S/C14H18N4O/c1-10-7-11(2)18-9-12(16-14(18)15-10)8-17-5-3-13(19)4-6-17/h7,9H,3-6,8H2,1-2H3. The van der Waals surface area contributed by atoms with Gasteiger partial charge in [0.25, 0.3) is 0 Å². The number of likely N-dealkylation sites (tertiary alicyclic amines) is 1. The van der Waals surface area contributed by atoms with Crippen molar-refractivity contribution in [2.24, 2.45) is 0 Å². The fraction of sp³-hybridized carbons (Fsp3) is 0.500. The molecule has 0 N–H and O–H groups in total. The largest absolute Gasteiger partial charge is 0.300 e. The van der Waals surface area contributed by atoms with Crippen molar-refractivity contribution in [3.8, 4) is 0 Å².